The number of benzene rings is 1. The molecule has 2 nitrogen and oxygen atoms in total. The minimum atomic E-state index is 0.105. The predicted molar refractivity (Wildman–Crippen MR) is 64.4 cm³/mol. The normalized spacial score (nSPS) is 13.4. The summed E-state index contributed by atoms with van der Waals surface area (Å²) in [6.45, 7) is 6.28. The fourth-order valence-corrected chi connectivity index (χ4v) is 1.07. The van der Waals surface area contributed by atoms with Crippen LogP contribution in [0.4, 0.5) is 5.69 Å². The summed E-state index contributed by atoms with van der Waals surface area (Å²) in [7, 11) is 0. The highest BCUT2D eigenvalue weighted by atomic mass is 16.5. The van der Waals surface area contributed by atoms with Crippen LogP contribution < -0.4 is 0 Å². The van der Waals surface area contributed by atoms with Crippen LogP contribution in [0.25, 0.3) is 0 Å². The van der Waals surface area contributed by atoms with Crippen LogP contribution in [0.15, 0.2) is 42.5 Å². The lowest BCUT2D eigenvalue weighted by Gasteiger charge is -2.09. The first-order valence-electron chi connectivity index (χ1n) is 5.03. The Morgan fingerprint density at radius 3 is 2.27 bits per heavy atom. The average molecular weight is 203 g/mol. The molecule has 0 atom stereocenters. The lowest BCUT2D eigenvalue weighted by atomic mass is 9.97. The van der Waals surface area contributed by atoms with E-state index < -0.39 is 0 Å². The van der Waals surface area contributed by atoms with Crippen molar-refractivity contribution in [3.63, 3.8) is 0 Å². The molecule has 1 rings (SSSR count). The molecule has 0 amide bonds. The summed E-state index contributed by atoms with van der Waals surface area (Å²) in [5.41, 5.74) is 0.754. The molecule has 0 heterocycles. The molecule has 0 aliphatic rings. The Bertz CT molecular complexity index is 358. The van der Waals surface area contributed by atoms with Crippen molar-refractivity contribution >= 4 is 11.9 Å². The number of hydrogen-bond donors (Lipinski definition) is 0. The molecule has 0 aliphatic carbocycles. The Balaban J connectivity index is 2.74. The average Bonchev–Trinajstić information content (AvgIpc) is 2.17. The molecule has 0 saturated heterocycles. The van der Waals surface area contributed by atoms with E-state index in [0.717, 1.165) is 4.74 Å². The van der Waals surface area contributed by atoms with E-state index in [1.807, 2.05) is 24.3 Å². The topological polar surface area (TPSA) is 26.1 Å². The van der Waals surface area contributed by atoms with Gasteiger partial charge in [-0.3, -0.25) is 0 Å². The monoisotopic (exact) mass is 203 g/mol. The van der Waals surface area contributed by atoms with Gasteiger partial charge in [-0.1, -0.05) is 45.0 Å². The zero-order chi connectivity index (χ0) is 11.3. The van der Waals surface area contributed by atoms with Gasteiger partial charge in [0.25, 0.3) is 0 Å². The number of allylic oxidation sites excluding steroid dienone is 2. The predicted octanol–water partition coefficient (Wildman–Crippen LogP) is 3.50. The highest BCUT2D eigenvalue weighted by molar-refractivity contribution is 5.67. The van der Waals surface area contributed by atoms with Crippen molar-refractivity contribution in [2.75, 3.05) is 0 Å². The van der Waals surface area contributed by atoms with Gasteiger partial charge in [-0.2, -0.15) is 4.74 Å². The molecule has 0 bridgehead atoms. The van der Waals surface area contributed by atoms with Crippen LogP contribution in [-0.4, -0.2) is 11.0 Å². The maximum atomic E-state index is 11.5. The molecule has 0 radical (unpaired) electrons. The first kappa shape index (κ1) is 11.5. The maximum absolute atomic E-state index is 11.5. The SMILES string of the molecule is CC(C)(C)/C=C/C=[N+](\[O-])c1ccccc1. The largest absolute Gasteiger partial charge is 0.618 e. The Kier molecular flexibility index (Phi) is 3.67. The molecule has 0 aliphatic heterocycles. The van der Waals surface area contributed by atoms with E-state index in [4.69, 9.17) is 0 Å². The van der Waals surface area contributed by atoms with Gasteiger partial charge in [0.2, 0.25) is 5.69 Å². The minimum Gasteiger partial charge on any atom is -0.618 e. The second-order valence-electron chi connectivity index (χ2n) is 4.54. The quantitative estimate of drug-likeness (QED) is 0.312. The number of hydrogen-bond acceptors (Lipinski definition) is 1. The summed E-state index contributed by atoms with van der Waals surface area (Å²) in [5, 5.41) is 11.5. The number of rotatable bonds is 2. The molecule has 0 saturated carbocycles. The van der Waals surface area contributed by atoms with Gasteiger partial charge in [0.15, 0.2) is 6.21 Å². The molecule has 2 heteroatoms. The highest BCUT2D eigenvalue weighted by Gasteiger charge is 2.03. The van der Waals surface area contributed by atoms with E-state index in [9.17, 15) is 5.21 Å². The van der Waals surface area contributed by atoms with E-state index in [1.165, 1.54) is 6.21 Å². The molecule has 15 heavy (non-hydrogen) atoms. The van der Waals surface area contributed by atoms with Crippen LogP contribution in [0, 0.1) is 10.6 Å². The molecule has 0 spiro atoms. The molecule has 0 unspecified atom stereocenters. The second-order valence-corrected chi connectivity index (χ2v) is 4.54. The van der Waals surface area contributed by atoms with E-state index in [2.05, 4.69) is 20.8 Å². The zero-order valence-corrected chi connectivity index (χ0v) is 9.47. The summed E-state index contributed by atoms with van der Waals surface area (Å²) in [6, 6.07) is 9.16. The van der Waals surface area contributed by atoms with Crippen LogP contribution in [0.2, 0.25) is 0 Å². The zero-order valence-electron chi connectivity index (χ0n) is 9.47. The molecule has 1 aromatic carbocycles. The van der Waals surface area contributed by atoms with Crippen molar-refractivity contribution in [2.45, 2.75) is 20.8 Å². The van der Waals surface area contributed by atoms with Gasteiger partial charge in [-0.25, -0.2) is 0 Å². The lowest BCUT2D eigenvalue weighted by molar-refractivity contribution is -0.354. The molecule has 0 aromatic heterocycles. The van der Waals surface area contributed by atoms with Crippen molar-refractivity contribution in [1.29, 1.82) is 0 Å². The van der Waals surface area contributed by atoms with Gasteiger partial charge in [-0.15, -0.1) is 0 Å². The first-order valence-corrected chi connectivity index (χ1v) is 5.03. The van der Waals surface area contributed by atoms with E-state index in [1.54, 1.807) is 18.2 Å². The van der Waals surface area contributed by atoms with Crippen LogP contribution in [-0.2, 0) is 0 Å². The van der Waals surface area contributed by atoms with Gasteiger partial charge in [0.05, 0.1) is 0 Å². The molecule has 1 aromatic rings. The summed E-state index contributed by atoms with van der Waals surface area (Å²) >= 11 is 0. The van der Waals surface area contributed by atoms with Crippen LogP contribution >= 0.6 is 0 Å². The summed E-state index contributed by atoms with van der Waals surface area (Å²) < 4.78 is 0.863. The Hall–Kier alpha value is -1.57. The first-order chi connectivity index (χ1) is 6.99. The summed E-state index contributed by atoms with van der Waals surface area (Å²) in [6.07, 6.45) is 5.32. The number of nitrogens with zero attached hydrogens (tertiary/aromatic N) is 1. The molecular formula is C13H17NO. The Morgan fingerprint density at radius 1 is 1.13 bits per heavy atom. The maximum Gasteiger partial charge on any atom is 0.216 e. The third-order valence-electron chi connectivity index (χ3n) is 1.83. The minimum absolute atomic E-state index is 0.105. The number of para-hydroxylation sites is 1. The molecular weight excluding hydrogens is 186 g/mol. The third kappa shape index (κ3) is 4.45. The Labute approximate surface area is 91.1 Å². The summed E-state index contributed by atoms with van der Waals surface area (Å²) in [5.74, 6) is 0. The molecule has 0 fully saturated rings. The van der Waals surface area contributed by atoms with Crippen molar-refractivity contribution < 1.29 is 4.74 Å². The van der Waals surface area contributed by atoms with E-state index in [0.29, 0.717) is 5.69 Å². The van der Waals surface area contributed by atoms with Gasteiger partial charge < -0.3 is 5.21 Å². The van der Waals surface area contributed by atoms with Gasteiger partial charge in [0.1, 0.15) is 0 Å². The van der Waals surface area contributed by atoms with Crippen molar-refractivity contribution in [3.8, 4) is 0 Å². The van der Waals surface area contributed by atoms with E-state index >= 15 is 0 Å². The molecule has 80 valence electrons. The fraction of sp³-hybridized carbons (Fsp3) is 0.308. The van der Waals surface area contributed by atoms with Crippen LogP contribution in [0.1, 0.15) is 20.8 Å². The van der Waals surface area contributed by atoms with Gasteiger partial charge >= 0.3 is 0 Å². The Morgan fingerprint density at radius 2 is 1.73 bits per heavy atom. The standard InChI is InChI=1S/C13H17NO/c1-13(2,3)10-7-11-14(15)12-8-5-4-6-9-12/h4-11H,1-3H3/b10-7+,14-11-. The van der Waals surface area contributed by atoms with Crippen molar-refractivity contribution in [1.82, 2.24) is 0 Å². The van der Waals surface area contributed by atoms with Crippen LogP contribution in [0.3, 0.4) is 0 Å². The lowest BCUT2D eigenvalue weighted by Crippen LogP contribution is -2.00. The van der Waals surface area contributed by atoms with Crippen LogP contribution in [0.5, 0.6) is 0 Å². The molecule has 0 N–H and O–H groups in total. The second kappa shape index (κ2) is 4.78. The van der Waals surface area contributed by atoms with Crippen molar-refractivity contribution in [2.24, 2.45) is 5.41 Å². The summed E-state index contributed by atoms with van der Waals surface area (Å²) in [4.78, 5) is 0. The van der Waals surface area contributed by atoms with E-state index in [-0.39, 0.29) is 5.41 Å². The van der Waals surface area contributed by atoms with Gasteiger partial charge in [0, 0.05) is 12.1 Å². The highest BCUT2D eigenvalue weighted by Crippen LogP contribution is 2.14. The smallest absolute Gasteiger partial charge is 0.216 e. The fourth-order valence-electron chi connectivity index (χ4n) is 1.07. The van der Waals surface area contributed by atoms with Gasteiger partial charge in [-0.05, 0) is 11.5 Å². The third-order valence-corrected chi connectivity index (χ3v) is 1.83. The van der Waals surface area contributed by atoms with Crippen molar-refractivity contribution in [3.05, 3.63) is 47.7 Å².